The summed E-state index contributed by atoms with van der Waals surface area (Å²) in [5.41, 5.74) is 6.79. The van der Waals surface area contributed by atoms with Crippen molar-refractivity contribution < 1.29 is 8.42 Å². The van der Waals surface area contributed by atoms with E-state index < -0.39 is 16.1 Å². The lowest BCUT2D eigenvalue weighted by atomic mass is 10.2. The van der Waals surface area contributed by atoms with E-state index in [9.17, 15) is 8.42 Å². The van der Waals surface area contributed by atoms with Crippen LogP contribution in [0.1, 0.15) is 28.4 Å². The van der Waals surface area contributed by atoms with Crippen LogP contribution < -0.4 is 10.5 Å². The molecule has 1 unspecified atom stereocenters. The molecule has 114 valence electrons. The normalized spacial score (nSPS) is 13.3. The molecule has 2 aromatic rings. The van der Waals surface area contributed by atoms with E-state index in [2.05, 4.69) is 9.71 Å². The topological polar surface area (TPSA) is 85.1 Å². The summed E-state index contributed by atoms with van der Waals surface area (Å²) in [7, 11) is -3.71. The third-order valence-electron chi connectivity index (χ3n) is 3.01. The molecule has 5 nitrogen and oxygen atoms in total. The molecule has 1 aromatic heterocycles. The Labute approximate surface area is 133 Å². The number of sulfonamides is 1. The van der Waals surface area contributed by atoms with E-state index in [0.29, 0.717) is 21.3 Å². The first-order chi connectivity index (χ1) is 9.70. The second-order valence-electron chi connectivity index (χ2n) is 4.77. The van der Waals surface area contributed by atoms with Gasteiger partial charge in [-0.05, 0) is 38.5 Å². The van der Waals surface area contributed by atoms with Gasteiger partial charge >= 0.3 is 0 Å². The number of thiazole rings is 1. The number of aromatic nitrogens is 1. The van der Waals surface area contributed by atoms with Gasteiger partial charge in [-0.25, -0.2) is 18.1 Å². The number of nitrogens with two attached hydrogens (primary N) is 1. The Hall–Kier alpha value is -1.15. The highest BCUT2D eigenvalue weighted by atomic mass is 35.5. The highest BCUT2D eigenvalue weighted by Gasteiger charge is 2.21. The van der Waals surface area contributed by atoms with Gasteiger partial charge in [0.15, 0.2) is 0 Å². The van der Waals surface area contributed by atoms with E-state index in [-0.39, 0.29) is 4.90 Å². The number of nitrogens with one attached hydrogen (secondary N) is 1. The Bertz CT molecular complexity index is 748. The molecule has 0 saturated heterocycles. The molecule has 3 N–H and O–H groups in total. The van der Waals surface area contributed by atoms with Gasteiger partial charge in [0, 0.05) is 21.8 Å². The zero-order valence-corrected chi connectivity index (χ0v) is 14.2. The Balaban J connectivity index is 2.30. The first kappa shape index (κ1) is 16.2. The van der Waals surface area contributed by atoms with Crippen molar-refractivity contribution in [2.45, 2.75) is 31.7 Å². The number of halogens is 1. The van der Waals surface area contributed by atoms with Crippen LogP contribution in [0, 0.1) is 13.8 Å². The lowest BCUT2D eigenvalue weighted by Gasteiger charge is -2.13. The minimum Gasteiger partial charge on any atom is -0.398 e. The van der Waals surface area contributed by atoms with Crippen molar-refractivity contribution in [3.8, 4) is 0 Å². The van der Waals surface area contributed by atoms with Gasteiger partial charge in [-0.15, -0.1) is 11.3 Å². The number of rotatable bonds is 4. The largest absolute Gasteiger partial charge is 0.398 e. The fourth-order valence-corrected chi connectivity index (χ4v) is 4.16. The van der Waals surface area contributed by atoms with Crippen molar-refractivity contribution in [2.75, 3.05) is 5.73 Å². The predicted molar refractivity (Wildman–Crippen MR) is 86.2 cm³/mol. The summed E-state index contributed by atoms with van der Waals surface area (Å²) < 4.78 is 27.4. The molecule has 0 radical (unpaired) electrons. The Morgan fingerprint density at radius 2 is 2.05 bits per heavy atom. The summed E-state index contributed by atoms with van der Waals surface area (Å²) in [6, 6.07) is 2.38. The van der Waals surface area contributed by atoms with Crippen LogP contribution in [-0.2, 0) is 10.0 Å². The fraction of sp³-hybridized carbons (Fsp3) is 0.308. The van der Waals surface area contributed by atoms with Crippen LogP contribution in [0.15, 0.2) is 23.2 Å². The lowest BCUT2D eigenvalue weighted by molar-refractivity contribution is 0.566. The van der Waals surface area contributed by atoms with Crippen LogP contribution in [0.5, 0.6) is 0 Å². The van der Waals surface area contributed by atoms with Gasteiger partial charge in [0.05, 0.1) is 10.9 Å². The Morgan fingerprint density at radius 3 is 2.57 bits per heavy atom. The number of anilines is 1. The molecule has 0 saturated carbocycles. The van der Waals surface area contributed by atoms with E-state index >= 15 is 0 Å². The maximum atomic E-state index is 12.4. The average Bonchev–Trinajstić information content (AvgIpc) is 2.81. The minimum atomic E-state index is -3.71. The Morgan fingerprint density at radius 1 is 1.38 bits per heavy atom. The van der Waals surface area contributed by atoms with Gasteiger partial charge in [-0.3, -0.25) is 0 Å². The third-order valence-corrected chi connectivity index (χ3v) is 6.02. The first-order valence-electron chi connectivity index (χ1n) is 6.21. The molecule has 8 heteroatoms. The van der Waals surface area contributed by atoms with Gasteiger partial charge in [0.25, 0.3) is 0 Å². The van der Waals surface area contributed by atoms with E-state index in [1.165, 1.54) is 23.5 Å². The number of nitrogen functional groups attached to an aromatic ring is 1. The molecule has 0 spiro atoms. The van der Waals surface area contributed by atoms with Crippen molar-refractivity contribution in [1.29, 1.82) is 0 Å². The molecule has 1 atom stereocenters. The van der Waals surface area contributed by atoms with E-state index in [1.807, 2.05) is 6.92 Å². The lowest BCUT2D eigenvalue weighted by Crippen LogP contribution is -2.27. The molecule has 2 rings (SSSR count). The molecule has 1 aromatic carbocycles. The van der Waals surface area contributed by atoms with Crippen molar-refractivity contribution >= 4 is 38.6 Å². The highest BCUT2D eigenvalue weighted by Crippen LogP contribution is 2.27. The molecular formula is C13H16ClN3O2S2. The molecule has 0 aliphatic rings. The van der Waals surface area contributed by atoms with Crippen molar-refractivity contribution in [2.24, 2.45) is 0 Å². The number of hydrogen-bond donors (Lipinski definition) is 2. The van der Waals surface area contributed by atoms with Crippen LogP contribution in [0.3, 0.4) is 0 Å². The maximum absolute atomic E-state index is 12.4. The molecule has 1 heterocycles. The monoisotopic (exact) mass is 345 g/mol. The summed E-state index contributed by atoms with van der Waals surface area (Å²) in [6.07, 6.45) is 1.71. The third kappa shape index (κ3) is 3.55. The summed E-state index contributed by atoms with van der Waals surface area (Å²) in [6.45, 7) is 5.40. The van der Waals surface area contributed by atoms with Crippen LogP contribution in [0.4, 0.5) is 5.69 Å². The van der Waals surface area contributed by atoms with Crippen molar-refractivity contribution in [3.05, 3.63) is 38.8 Å². The molecule has 0 bridgehead atoms. The predicted octanol–water partition coefficient (Wildman–Crippen LogP) is 3.04. The molecule has 0 aliphatic heterocycles. The molecule has 0 amide bonds. The zero-order valence-electron chi connectivity index (χ0n) is 11.8. The number of aryl methyl sites for hydroxylation is 1. The number of benzene rings is 1. The van der Waals surface area contributed by atoms with Gasteiger partial charge in [-0.2, -0.15) is 0 Å². The van der Waals surface area contributed by atoms with E-state index in [1.54, 1.807) is 20.0 Å². The highest BCUT2D eigenvalue weighted by molar-refractivity contribution is 7.89. The maximum Gasteiger partial charge on any atom is 0.241 e. The molecule has 0 aliphatic carbocycles. The second-order valence-corrected chi connectivity index (χ2v) is 8.16. The van der Waals surface area contributed by atoms with Crippen LogP contribution >= 0.6 is 22.9 Å². The van der Waals surface area contributed by atoms with Gasteiger partial charge in [0.1, 0.15) is 5.01 Å². The van der Waals surface area contributed by atoms with Gasteiger partial charge in [-0.1, -0.05) is 11.6 Å². The Kier molecular flexibility index (Phi) is 4.57. The van der Waals surface area contributed by atoms with Gasteiger partial charge < -0.3 is 5.73 Å². The molecule has 21 heavy (non-hydrogen) atoms. The second kappa shape index (κ2) is 5.92. The SMILES string of the molecule is Cc1cnc(C(C)NS(=O)(=O)c2cc(N)c(C)c(Cl)c2)s1. The summed E-state index contributed by atoms with van der Waals surface area (Å²) in [5, 5.41) is 1.04. The molecular weight excluding hydrogens is 330 g/mol. The van der Waals surface area contributed by atoms with E-state index in [0.717, 1.165) is 4.88 Å². The standard InChI is InChI=1S/C13H16ClN3O2S2/c1-7-6-16-13(20-7)9(3)17-21(18,19)10-4-11(14)8(2)12(15)5-10/h4-6,9,17H,15H2,1-3H3. The van der Waals surface area contributed by atoms with E-state index in [4.69, 9.17) is 17.3 Å². The number of hydrogen-bond acceptors (Lipinski definition) is 5. The van der Waals surface area contributed by atoms with Crippen molar-refractivity contribution in [1.82, 2.24) is 9.71 Å². The first-order valence-corrected chi connectivity index (χ1v) is 8.88. The quantitative estimate of drug-likeness (QED) is 0.834. The number of nitrogens with zero attached hydrogens (tertiary/aromatic N) is 1. The van der Waals surface area contributed by atoms with Gasteiger partial charge in [0.2, 0.25) is 10.0 Å². The zero-order chi connectivity index (χ0) is 15.8. The summed E-state index contributed by atoms with van der Waals surface area (Å²) in [4.78, 5) is 5.26. The summed E-state index contributed by atoms with van der Waals surface area (Å²) in [5.74, 6) is 0. The molecule has 0 fully saturated rings. The van der Waals surface area contributed by atoms with Crippen molar-refractivity contribution in [3.63, 3.8) is 0 Å². The fourth-order valence-electron chi connectivity index (χ4n) is 1.75. The van der Waals surface area contributed by atoms with Crippen LogP contribution in [-0.4, -0.2) is 13.4 Å². The minimum absolute atomic E-state index is 0.0516. The smallest absolute Gasteiger partial charge is 0.241 e. The average molecular weight is 346 g/mol. The summed E-state index contributed by atoms with van der Waals surface area (Å²) >= 11 is 7.45. The van der Waals surface area contributed by atoms with Crippen LogP contribution in [0.25, 0.3) is 0 Å². The van der Waals surface area contributed by atoms with Crippen LogP contribution in [0.2, 0.25) is 5.02 Å².